The minimum Gasteiger partial charge on any atom is -0.309 e. The van der Waals surface area contributed by atoms with Crippen LogP contribution in [0.3, 0.4) is 0 Å². The van der Waals surface area contributed by atoms with E-state index in [2.05, 4.69) is 179 Å². The minimum absolute atomic E-state index is 1.17. The lowest BCUT2D eigenvalue weighted by atomic mass is 10.0. The highest BCUT2D eigenvalue weighted by Crippen LogP contribution is 2.49. The number of hydrogen-bond acceptors (Lipinski definition) is 0. The summed E-state index contributed by atoms with van der Waals surface area (Å²) >= 11 is 0. The van der Waals surface area contributed by atoms with Crippen molar-refractivity contribution in [1.29, 1.82) is 0 Å². The first kappa shape index (κ1) is 25.8. The molecular formula is C46H28N2. The van der Waals surface area contributed by atoms with E-state index in [0.29, 0.717) is 0 Å². The van der Waals surface area contributed by atoms with Gasteiger partial charge in [0, 0.05) is 32.6 Å². The lowest BCUT2D eigenvalue weighted by molar-refractivity contribution is 1.18. The second-order valence-electron chi connectivity index (χ2n) is 12.9. The Morgan fingerprint density at radius 3 is 1.48 bits per heavy atom. The van der Waals surface area contributed by atoms with Gasteiger partial charge in [-0.05, 0) is 81.2 Å². The lowest BCUT2D eigenvalue weighted by Crippen LogP contribution is -1.96. The van der Waals surface area contributed by atoms with Crippen molar-refractivity contribution in [3.8, 4) is 44.8 Å². The molecule has 0 amide bonds. The highest BCUT2D eigenvalue weighted by molar-refractivity contribution is 6.19. The molecular weight excluding hydrogens is 581 g/mol. The smallest absolute Gasteiger partial charge is 0.0547 e. The van der Waals surface area contributed by atoms with Crippen molar-refractivity contribution in [2.24, 2.45) is 0 Å². The molecule has 1 aliphatic carbocycles. The molecule has 2 heterocycles. The molecule has 0 N–H and O–H groups in total. The average Bonchev–Trinajstić information content (AvgIpc) is 3.78. The van der Waals surface area contributed by atoms with Crippen molar-refractivity contribution in [2.45, 2.75) is 0 Å². The van der Waals surface area contributed by atoms with Gasteiger partial charge in [-0.3, -0.25) is 0 Å². The molecule has 0 saturated carbocycles. The van der Waals surface area contributed by atoms with Crippen molar-refractivity contribution in [2.75, 3.05) is 0 Å². The highest BCUT2D eigenvalue weighted by Gasteiger charge is 2.24. The van der Waals surface area contributed by atoms with Crippen LogP contribution in [-0.2, 0) is 0 Å². The van der Waals surface area contributed by atoms with E-state index < -0.39 is 0 Å². The minimum atomic E-state index is 1.17. The van der Waals surface area contributed by atoms with Gasteiger partial charge >= 0.3 is 0 Å². The number of hydrogen-bond donors (Lipinski definition) is 0. The molecule has 10 aromatic rings. The van der Waals surface area contributed by atoms with Crippen LogP contribution in [0.15, 0.2) is 170 Å². The molecule has 0 saturated heterocycles. The SMILES string of the molecule is c1ccc(-n2c3ccccc3c3ccc(-c4ccc5c6ccccc6n(-c6ccc7c8c(cccc68)-c6ccccc6-7)c5c4)cc32)cc1. The van der Waals surface area contributed by atoms with Crippen LogP contribution in [0.1, 0.15) is 0 Å². The van der Waals surface area contributed by atoms with Crippen LogP contribution in [0.4, 0.5) is 0 Å². The first-order valence-corrected chi connectivity index (χ1v) is 16.6. The second-order valence-corrected chi connectivity index (χ2v) is 12.9. The number of aromatic nitrogens is 2. The zero-order valence-corrected chi connectivity index (χ0v) is 26.1. The van der Waals surface area contributed by atoms with Crippen LogP contribution in [0.2, 0.25) is 0 Å². The van der Waals surface area contributed by atoms with Gasteiger partial charge in [0.05, 0.1) is 27.8 Å². The van der Waals surface area contributed by atoms with Gasteiger partial charge in [-0.25, -0.2) is 0 Å². The molecule has 0 aliphatic heterocycles. The van der Waals surface area contributed by atoms with Crippen LogP contribution in [-0.4, -0.2) is 9.13 Å². The normalized spacial score (nSPS) is 12.2. The fourth-order valence-electron chi connectivity index (χ4n) is 8.40. The zero-order valence-electron chi connectivity index (χ0n) is 26.1. The molecule has 0 spiro atoms. The summed E-state index contributed by atoms with van der Waals surface area (Å²) in [6.07, 6.45) is 0. The number of fused-ring (bicyclic) bond motifs is 9. The molecule has 11 rings (SSSR count). The average molecular weight is 609 g/mol. The Hall–Kier alpha value is -6.38. The topological polar surface area (TPSA) is 9.86 Å². The van der Waals surface area contributed by atoms with E-state index in [0.717, 1.165) is 0 Å². The molecule has 48 heavy (non-hydrogen) atoms. The molecule has 1 aliphatic rings. The Labute approximate surface area is 277 Å². The summed E-state index contributed by atoms with van der Waals surface area (Å²) < 4.78 is 4.88. The quantitative estimate of drug-likeness (QED) is 0.189. The summed E-state index contributed by atoms with van der Waals surface area (Å²) in [6.45, 7) is 0. The van der Waals surface area contributed by atoms with Crippen LogP contribution in [0, 0.1) is 0 Å². The van der Waals surface area contributed by atoms with Gasteiger partial charge in [-0.1, -0.05) is 127 Å². The summed E-state index contributed by atoms with van der Waals surface area (Å²) in [5.74, 6) is 0. The number of para-hydroxylation sites is 3. The largest absolute Gasteiger partial charge is 0.309 e. The summed E-state index contributed by atoms with van der Waals surface area (Å²) in [4.78, 5) is 0. The van der Waals surface area contributed by atoms with Gasteiger partial charge in [0.15, 0.2) is 0 Å². The van der Waals surface area contributed by atoms with Crippen LogP contribution < -0.4 is 0 Å². The molecule has 222 valence electrons. The summed E-state index contributed by atoms with van der Waals surface area (Å²) in [5, 5.41) is 7.70. The Morgan fingerprint density at radius 2 is 0.792 bits per heavy atom. The fraction of sp³-hybridized carbons (Fsp3) is 0. The van der Waals surface area contributed by atoms with Gasteiger partial charge in [0.2, 0.25) is 0 Å². The van der Waals surface area contributed by atoms with E-state index in [1.54, 1.807) is 0 Å². The molecule has 0 unspecified atom stereocenters. The summed E-state index contributed by atoms with van der Waals surface area (Å²) in [5.41, 5.74) is 15.0. The molecule has 0 bridgehead atoms. The van der Waals surface area contributed by atoms with Crippen LogP contribution >= 0.6 is 0 Å². The van der Waals surface area contributed by atoms with E-state index in [1.807, 2.05) is 0 Å². The Balaban J connectivity index is 1.17. The van der Waals surface area contributed by atoms with Crippen molar-refractivity contribution in [3.63, 3.8) is 0 Å². The van der Waals surface area contributed by atoms with Crippen molar-refractivity contribution >= 4 is 54.4 Å². The maximum Gasteiger partial charge on any atom is 0.0547 e. The molecule has 2 heteroatoms. The van der Waals surface area contributed by atoms with E-state index in [9.17, 15) is 0 Å². The van der Waals surface area contributed by atoms with Crippen LogP contribution in [0.5, 0.6) is 0 Å². The summed E-state index contributed by atoms with van der Waals surface area (Å²) in [7, 11) is 0. The number of rotatable bonds is 3. The predicted molar refractivity (Wildman–Crippen MR) is 202 cm³/mol. The number of nitrogens with zero attached hydrogens (tertiary/aromatic N) is 2. The van der Waals surface area contributed by atoms with Gasteiger partial charge in [-0.2, -0.15) is 0 Å². The van der Waals surface area contributed by atoms with Gasteiger partial charge in [-0.15, -0.1) is 0 Å². The predicted octanol–water partition coefficient (Wildman–Crippen LogP) is 12.3. The van der Waals surface area contributed by atoms with Gasteiger partial charge in [0.1, 0.15) is 0 Å². The lowest BCUT2D eigenvalue weighted by Gasteiger charge is -2.14. The zero-order chi connectivity index (χ0) is 31.3. The fourth-order valence-corrected chi connectivity index (χ4v) is 8.40. The van der Waals surface area contributed by atoms with Gasteiger partial charge < -0.3 is 9.13 Å². The van der Waals surface area contributed by atoms with E-state index in [4.69, 9.17) is 0 Å². The van der Waals surface area contributed by atoms with Crippen molar-refractivity contribution in [3.05, 3.63) is 170 Å². The molecule has 8 aromatic carbocycles. The highest BCUT2D eigenvalue weighted by atomic mass is 15.0. The van der Waals surface area contributed by atoms with Gasteiger partial charge in [0.25, 0.3) is 0 Å². The third-order valence-corrected chi connectivity index (χ3v) is 10.5. The van der Waals surface area contributed by atoms with Crippen molar-refractivity contribution in [1.82, 2.24) is 9.13 Å². The maximum absolute atomic E-state index is 2.49. The van der Waals surface area contributed by atoms with E-state index >= 15 is 0 Å². The van der Waals surface area contributed by atoms with Crippen molar-refractivity contribution < 1.29 is 0 Å². The maximum atomic E-state index is 2.49. The third kappa shape index (κ3) is 3.41. The summed E-state index contributed by atoms with van der Waals surface area (Å²) in [6, 6.07) is 62.5. The first-order chi connectivity index (χ1) is 23.8. The molecule has 2 nitrogen and oxygen atoms in total. The first-order valence-electron chi connectivity index (χ1n) is 16.6. The standard InChI is InChI=1S/C46H28N2/c1-2-11-31(12-3-1)47-41-19-8-6-15-34(41)36-23-21-29(27-44(36)47)30-22-24-37-35-16-7-9-20-42(35)48(45(37)28-30)43-26-25-39-33-14-5-4-13-32(33)38-17-10-18-40(43)46(38)39/h1-28H. The Bertz CT molecular complexity index is 2910. The van der Waals surface area contributed by atoms with Crippen LogP contribution in [0.25, 0.3) is 99.1 Å². The molecule has 0 atom stereocenters. The molecule has 2 aromatic heterocycles. The monoisotopic (exact) mass is 608 g/mol. The second kappa shape index (κ2) is 9.57. The van der Waals surface area contributed by atoms with E-state index in [-0.39, 0.29) is 0 Å². The van der Waals surface area contributed by atoms with E-state index in [1.165, 1.54) is 99.1 Å². The number of benzene rings is 8. The molecule has 0 radical (unpaired) electrons. The Morgan fingerprint density at radius 1 is 0.292 bits per heavy atom. The Kier molecular flexibility index (Phi) is 5.14. The molecule has 0 fully saturated rings. The third-order valence-electron chi connectivity index (χ3n) is 10.5.